The molecule has 184 valence electrons. The average Bonchev–Trinajstić information content (AvgIpc) is 2.87. The summed E-state index contributed by atoms with van der Waals surface area (Å²) in [5, 5.41) is 0. The zero-order valence-corrected chi connectivity index (χ0v) is 20.2. The molecule has 0 aliphatic heterocycles. The van der Waals surface area contributed by atoms with Crippen LogP contribution >= 0.6 is 0 Å². The standard InChI is InChI=1S/C31H28F3NO/c1-22-10-9-15-28(20-22)35(23(2)36)21-29(24-16-18-27(19-17-24)31(32,33)34)30(25-11-5-3-6-12-25)26-13-7-4-8-14-26/h3-20,29-30H,21H2,1-2H3. The highest BCUT2D eigenvalue weighted by Gasteiger charge is 2.33. The number of carbonyl (C=O) groups is 1. The maximum atomic E-state index is 13.3. The van der Waals surface area contributed by atoms with Gasteiger partial charge in [-0.05, 0) is 53.4 Å². The molecule has 4 aromatic rings. The van der Waals surface area contributed by atoms with Crippen LogP contribution in [0.15, 0.2) is 109 Å². The van der Waals surface area contributed by atoms with E-state index >= 15 is 0 Å². The summed E-state index contributed by atoms with van der Waals surface area (Å²) in [5.41, 5.74) is 3.89. The largest absolute Gasteiger partial charge is 0.416 e. The molecule has 0 aliphatic carbocycles. The van der Waals surface area contributed by atoms with E-state index in [9.17, 15) is 18.0 Å². The Labute approximate surface area is 210 Å². The Morgan fingerprint density at radius 2 is 1.31 bits per heavy atom. The van der Waals surface area contributed by atoms with Crippen molar-refractivity contribution in [3.05, 3.63) is 137 Å². The molecule has 0 saturated heterocycles. The topological polar surface area (TPSA) is 20.3 Å². The molecule has 0 aliphatic rings. The molecule has 4 aromatic carbocycles. The molecule has 0 bridgehead atoms. The average molecular weight is 488 g/mol. The lowest BCUT2D eigenvalue weighted by atomic mass is 9.76. The number of amides is 1. The van der Waals surface area contributed by atoms with E-state index in [0.717, 1.165) is 40.1 Å². The van der Waals surface area contributed by atoms with Gasteiger partial charge in [-0.2, -0.15) is 13.2 Å². The van der Waals surface area contributed by atoms with Crippen LogP contribution in [-0.4, -0.2) is 12.5 Å². The first kappa shape index (κ1) is 25.2. The van der Waals surface area contributed by atoms with Crippen molar-refractivity contribution in [2.75, 3.05) is 11.4 Å². The van der Waals surface area contributed by atoms with Gasteiger partial charge in [-0.15, -0.1) is 0 Å². The molecule has 0 saturated carbocycles. The Morgan fingerprint density at radius 3 is 1.78 bits per heavy atom. The van der Waals surface area contributed by atoms with Gasteiger partial charge in [0.2, 0.25) is 5.91 Å². The molecular formula is C31H28F3NO. The summed E-state index contributed by atoms with van der Waals surface area (Å²) in [5.74, 6) is -0.616. The number of nitrogens with zero attached hydrogens (tertiary/aromatic N) is 1. The van der Waals surface area contributed by atoms with Crippen molar-refractivity contribution < 1.29 is 18.0 Å². The quantitative estimate of drug-likeness (QED) is 0.259. The van der Waals surface area contributed by atoms with Gasteiger partial charge in [0.05, 0.1) is 5.56 Å². The van der Waals surface area contributed by atoms with Crippen LogP contribution in [0.25, 0.3) is 0 Å². The van der Waals surface area contributed by atoms with E-state index in [1.54, 1.807) is 17.0 Å². The molecule has 2 nitrogen and oxygen atoms in total. The van der Waals surface area contributed by atoms with E-state index < -0.39 is 11.7 Å². The molecular weight excluding hydrogens is 459 g/mol. The van der Waals surface area contributed by atoms with Crippen molar-refractivity contribution in [3.8, 4) is 0 Å². The lowest BCUT2D eigenvalue weighted by Gasteiger charge is -2.34. The number of hydrogen-bond donors (Lipinski definition) is 0. The van der Waals surface area contributed by atoms with E-state index in [1.165, 1.54) is 6.92 Å². The van der Waals surface area contributed by atoms with Crippen LogP contribution in [0.3, 0.4) is 0 Å². The molecule has 1 atom stereocenters. The molecule has 0 fully saturated rings. The Bertz CT molecular complexity index is 1250. The third kappa shape index (κ3) is 5.85. The maximum Gasteiger partial charge on any atom is 0.416 e. The number of carbonyl (C=O) groups excluding carboxylic acids is 1. The van der Waals surface area contributed by atoms with Crippen LogP contribution < -0.4 is 4.90 Å². The zero-order valence-electron chi connectivity index (χ0n) is 20.2. The molecule has 4 rings (SSSR count). The summed E-state index contributed by atoms with van der Waals surface area (Å²) in [6.07, 6.45) is -4.42. The summed E-state index contributed by atoms with van der Waals surface area (Å²) >= 11 is 0. The van der Waals surface area contributed by atoms with Crippen LogP contribution in [-0.2, 0) is 11.0 Å². The number of aryl methyl sites for hydroxylation is 1. The van der Waals surface area contributed by atoms with Crippen molar-refractivity contribution in [1.82, 2.24) is 0 Å². The normalized spacial score (nSPS) is 12.4. The summed E-state index contributed by atoms with van der Waals surface area (Å²) in [4.78, 5) is 14.6. The first-order valence-electron chi connectivity index (χ1n) is 11.9. The van der Waals surface area contributed by atoms with Crippen LogP contribution in [0.2, 0.25) is 0 Å². The minimum absolute atomic E-state index is 0.127. The summed E-state index contributed by atoms with van der Waals surface area (Å²) in [6.45, 7) is 3.79. The molecule has 5 heteroatoms. The number of rotatable bonds is 7. The van der Waals surface area contributed by atoms with Gasteiger partial charge < -0.3 is 4.90 Å². The second kappa shape index (κ2) is 10.8. The van der Waals surface area contributed by atoms with E-state index in [0.29, 0.717) is 6.54 Å². The summed E-state index contributed by atoms with van der Waals surface area (Å²) < 4.78 is 40.0. The fourth-order valence-corrected chi connectivity index (χ4v) is 4.71. The van der Waals surface area contributed by atoms with Crippen molar-refractivity contribution in [1.29, 1.82) is 0 Å². The number of anilines is 1. The molecule has 0 heterocycles. The van der Waals surface area contributed by atoms with Gasteiger partial charge in [0.1, 0.15) is 0 Å². The lowest BCUT2D eigenvalue weighted by molar-refractivity contribution is -0.137. The number of hydrogen-bond acceptors (Lipinski definition) is 1. The first-order valence-corrected chi connectivity index (χ1v) is 11.9. The van der Waals surface area contributed by atoms with Crippen LogP contribution in [0.5, 0.6) is 0 Å². The van der Waals surface area contributed by atoms with E-state index in [4.69, 9.17) is 0 Å². The molecule has 36 heavy (non-hydrogen) atoms. The van der Waals surface area contributed by atoms with E-state index in [-0.39, 0.29) is 17.7 Å². The van der Waals surface area contributed by atoms with Crippen LogP contribution in [0, 0.1) is 6.92 Å². The molecule has 0 N–H and O–H groups in total. The highest BCUT2D eigenvalue weighted by molar-refractivity contribution is 5.91. The predicted molar refractivity (Wildman–Crippen MR) is 138 cm³/mol. The van der Waals surface area contributed by atoms with Crippen LogP contribution in [0.4, 0.5) is 18.9 Å². The van der Waals surface area contributed by atoms with Crippen molar-refractivity contribution in [3.63, 3.8) is 0 Å². The van der Waals surface area contributed by atoms with Crippen LogP contribution in [0.1, 0.15) is 46.6 Å². The van der Waals surface area contributed by atoms with Crippen molar-refractivity contribution in [2.45, 2.75) is 31.9 Å². The number of benzene rings is 4. The molecule has 0 spiro atoms. The van der Waals surface area contributed by atoms with Gasteiger partial charge in [-0.1, -0.05) is 84.9 Å². The smallest absolute Gasteiger partial charge is 0.312 e. The highest BCUT2D eigenvalue weighted by atomic mass is 19.4. The zero-order chi connectivity index (χ0) is 25.7. The van der Waals surface area contributed by atoms with Crippen molar-refractivity contribution in [2.24, 2.45) is 0 Å². The molecule has 1 amide bonds. The monoisotopic (exact) mass is 487 g/mol. The Balaban J connectivity index is 1.87. The Hall–Kier alpha value is -3.86. The second-order valence-corrected chi connectivity index (χ2v) is 8.99. The third-order valence-electron chi connectivity index (χ3n) is 6.46. The van der Waals surface area contributed by atoms with Crippen molar-refractivity contribution >= 4 is 11.6 Å². The molecule has 0 aromatic heterocycles. The van der Waals surface area contributed by atoms with E-state index in [2.05, 4.69) is 0 Å². The van der Waals surface area contributed by atoms with Gasteiger partial charge in [-0.25, -0.2) is 0 Å². The Morgan fingerprint density at radius 1 is 0.750 bits per heavy atom. The summed E-state index contributed by atoms with van der Waals surface area (Å²) in [7, 11) is 0. The van der Waals surface area contributed by atoms with Gasteiger partial charge in [0.25, 0.3) is 0 Å². The van der Waals surface area contributed by atoms with Gasteiger partial charge >= 0.3 is 6.18 Å². The summed E-state index contributed by atoms with van der Waals surface area (Å²) in [6, 6.07) is 32.9. The van der Waals surface area contributed by atoms with Gasteiger partial charge in [-0.3, -0.25) is 4.79 Å². The first-order chi connectivity index (χ1) is 17.2. The lowest BCUT2D eigenvalue weighted by Crippen LogP contribution is -2.35. The maximum absolute atomic E-state index is 13.3. The fourth-order valence-electron chi connectivity index (χ4n) is 4.71. The number of halogens is 3. The minimum atomic E-state index is -4.42. The highest BCUT2D eigenvalue weighted by Crippen LogP contribution is 2.41. The van der Waals surface area contributed by atoms with E-state index in [1.807, 2.05) is 91.9 Å². The fraction of sp³-hybridized carbons (Fsp3) is 0.194. The molecule has 1 unspecified atom stereocenters. The molecule has 0 radical (unpaired) electrons. The SMILES string of the molecule is CC(=O)N(CC(c1ccc(C(F)(F)F)cc1)C(c1ccccc1)c1ccccc1)c1cccc(C)c1. The Kier molecular flexibility index (Phi) is 7.58. The van der Waals surface area contributed by atoms with Gasteiger partial charge in [0.15, 0.2) is 0 Å². The predicted octanol–water partition coefficient (Wildman–Crippen LogP) is 7.98. The third-order valence-corrected chi connectivity index (χ3v) is 6.46. The number of alkyl halides is 3. The second-order valence-electron chi connectivity index (χ2n) is 8.99. The van der Waals surface area contributed by atoms with Gasteiger partial charge in [0, 0.05) is 31.0 Å². The minimum Gasteiger partial charge on any atom is -0.312 e.